The van der Waals surface area contributed by atoms with E-state index in [9.17, 15) is 4.79 Å². The Kier molecular flexibility index (Phi) is 5.28. The number of nitrogens with zero attached hydrogens (tertiary/aromatic N) is 1. The molecule has 4 heteroatoms. The van der Waals surface area contributed by atoms with Crippen molar-refractivity contribution >= 4 is 22.4 Å². The first-order valence-corrected chi connectivity index (χ1v) is 10.4. The molecule has 0 saturated carbocycles. The number of hydrogen-bond donors (Lipinski definition) is 1. The molecule has 3 nitrogen and oxygen atoms in total. The second kappa shape index (κ2) is 8.02. The molecule has 0 atom stereocenters. The third kappa shape index (κ3) is 3.98. The van der Waals surface area contributed by atoms with Crippen LogP contribution in [0.2, 0.25) is 0 Å². The van der Waals surface area contributed by atoms with E-state index in [1.807, 2.05) is 61.5 Å². The van der Waals surface area contributed by atoms with Crippen LogP contribution in [0.25, 0.3) is 21.7 Å². The lowest BCUT2D eigenvalue weighted by Gasteiger charge is -2.05. The molecule has 1 heterocycles. The lowest BCUT2D eigenvalue weighted by atomic mass is 10.0. The third-order valence-electron chi connectivity index (χ3n) is 5.05. The first-order chi connectivity index (χ1) is 14.0. The van der Waals surface area contributed by atoms with Crippen molar-refractivity contribution in [2.75, 3.05) is 5.32 Å². The van der Waals surface area contributed by atoms with Crippen LogP contribution in [0.1, 0.15) is 27.0 Å². The topological polar surface area (TPSA) is 42.0 Å². The molecule has 4 aromatic rings. The molecule has 0 aliphatic heterocycles. The van der Waals surface area contributed by atoms with E-state index in [-0.39, 0.29) is 5.91 Å². The summed E-state index contributed by atoms with van der Waals surface area (Å²) in [6, 6.07) is 24.1. The molecule has 0 aliphatic carbocycles. The van der Waals surface area contributed by atoms with Crippen LogP contribution in [0.5, 0.6) is 0 Å². The summed E-state index contributed by atoms with van der Waals surface area (Å²) in [6.45, 7) is 6.16. The second-order valence-electron chi connectivity index (χ2n) is 7.13. The van der Waals surface area contributed by atoms with Crippen LogP contribution in [0.4, 0.5) is 5.13 Å². The van der Waals surface area contributed by atoms with Gasteiger partial charge in [-0.3, -0.25) is 10.1 Å². The zero-order chi connectivity index (χ0) is 20.4. The van der Waals surface area contributed by atoms with E-state index >= 15 is 0 Å². The van der Waals surface area contributed by atoms with Gasteiger partial charge in [0.1, 0.15) is 0 Å². The summed E-state index contributed by atoms with van der Waals surface area (Å²) in [4.78, 5) is 18.6. The summed E-state index contributed by atoms with van der Waals surface area (Å²) in [7, 11) is 0. The van der Waals surface area contributed by atoms with Crippen molar-refractivity contribution in [3.8, 4) is 21.7 Å². The van der Waals surface area contributed by atoms with Gasteiger partial charge in [0.05, 0.1) is 10.6 Å². The highest BCUT2D eigenvalue weighted by atomic mass is 32.1. The zero-order valence-corrected chi connectivity index (χ0v) is 17.5. The fourth-order valence-corrected chi connectivity index (χ4v) is 4.21. The fraction of sp³-hybridized carbons (Fsp3) is 0.120. The highest BCUT2D eigenvalue weighted by Crippen LogP contribution is 2.39. The first kappa shape index (κ1) is 19.1. The number of hydrogen-bond acceptors (Lipinski definition) is 3. The van der Waals surface area contributed by atoms with Gasteiger partial charge in [0, 0.05) is 11.1 Å². The normalized spacial score (nSPS) is 10.7. The quantitative estimate of drug-likeness (QED) is 0.418. The Labute approximate surface area is 175 Å². The Balaban J connectivity index is 1.76. The summed E-state index contributed by atoms with van der Waals surface area (Å²) in [6.07, 6.45) is 0. The fourth-order valence-electron chi connectivity index (χ4n) is 3.24. The van der Waals surface area contributed by atoms with Crippen LogP contribution in [0.15, 0.2) is 72.8 Å². The van der Waals surface area contributed by atoms with Crippen molar-refractivity contribution in [1.29, 1.82) is 0 Å². The van der Waals surface area contributed by atoms with Crippen molar-refractivity contribution < 1.29 is 4.79 Å². The number of aryl methyl sites for hydroxylation is 3. The van der Waals surface area contributed by atoms with Gasteiger partial charge in [-0.15, -0.1) is 0 Å². The summed E-state index contributed by atoms with van der Waals surface area (Å²) in [5.74, 6) is -0.136. The molecule has 4 rings (SSSR count). The Morgan fingerprint density at radius 3 is 2.24 bits per heavy atom. The Morgan fingerprint density at radius 2 is 1.52 bits per heavy atom. The predicted molar refractivity (Wildman–Crippen MR) is 122 cm³/mol. The highest BCUT2D eigenvalue weighted by Gasteiger charge is 2.18. The smallest absolute Gasteiger partial charge is 0.257 e. The zero-order valence-electron chi connectivity index (χ0n) is 16.7. The molecular formula is C25H22N2OS. The van der Waals surface area contributed by atoms with E-state index in [2.05, 4.69) is 37.4 Å². The molecule has 0 fully saturated rings. The van der Waals surface area contributed by atoms with E-state index in [0.29, 0.717) is 10.7 Å². The number of amides is 1. The average molecular weight is 399 g/mol. The molecule has 1 aromatic heterocycles. The average Bonchev–Trinajstić information content (AvgIpc) is 3.14. The summed E-state index contributed by atoms with van der Waals surface area (Å²) < 4.78 is 0. The van der Waals surface area contributed by atoms with Gasteiger partial charge >= 0.3 is 0 Å². The minimum absolute atomic E-state index is 0.136. The maximum absolute atomic E-state index is 12.8. The number of benzene rings is 3. The molecule has 0 bridgehead atoms. The van der Waals surface area contributed by atoms with Gasteiger partial charge in [-0.05, 0) is 49.1 Å². The molecular weight excluding hydrogens is 376 g/mol. The number of rotatable bonds is 4. The largest absolute Gasteiger partial charge is 0.298 e. The van der Waals surface area contributed by atoms with Gasteiger partial charge in [-0.2, -0.15) is 0 Å². The van der Waals surface area contributed by atoms with Crippen LogP contribution in [0.3, 0.4) is 0 Å². The van der Waals surface area contributed by atoms with Crippen LogP contribution < -0.4 is 5.32 Å². The third-order valence-corrected chi connectivity index (χ3v) is 6.07. The van der Waals surface area contributed by atoms with E-state index in [4.69, 9.17) is 4.98 Å². The Bertz CT molecular complexity index is 1180. The standard InChI is InChI=1S/C25H22N2OS/c1-16-13-14-20(15-18(16)3)23-22(19-10-5-4-6-11-19)26-25(29-23)27-24(28)21-12-8-7-9-17(21)2/h4-15H,1-3H3,(H,26,27,28). The summed E-state index contributed by atoms with van der Waals surface area (Å²) in [5, 5.41) is 3.60. The number of thiazole rings is 1. The molecule has 0 aliphatic rings. The van der Waals surface area contributed by atoms with Crippen LogP contribution >= 0.6 is 11.3 Å². The maximum atomic E-state index is 12.8. The predicted octanol–water partition coefficient (Wildman–Crippen LogP) is 6.65. The molecule has 1 amide bonds. The van der Waals surface area contributed by atoms with Gasteiger partial charge < -0.3 is 0 Å². The van der Waals surface area contributed by atoms with Crippen molar-refractivity contribution in [3.05, 3.63) is 95.1 Å². The van der Waals surface area contributed by atoms with Crippen LogP contribution in [-0.4, -0.2) is 10.9 Å². The minimum atomic E-state index is -0.136. The van der Waals surface area contributed by atoms with Gasteiger partial charge in [0.25, 0.3) is 5.91 Å². The summed E-state index contributed by atoms with van der Waals surface area (Å²) in [5.41, 5.74) is 7.14. The molecule has 0 radical (unpaired) electrons. The monoisotopic (exact) mass is 398 g/mol. The number of carbonyl (C=O) groups excluding carboxylic acids is 1. The van der Waals surface area contributed by atoms with Gasteiger partial charge in [0.15, 0.2) is 5.13 Å². The van der Waals surface area contributed by atoms with Gasteiger partial charge in [-0.1, -0.05) is 78.1 Å². The number of nitrogens with one attached hydrogen (secondary N) is 1. The lowest BCUT2D eigenvalue weighted by molar-refractivity contribution is 0.102. The second-order valence-corrected chi connectivity index (χ2v) is 8.13. The SMILES string of the molecule is Cc1ccc(-c2sc(NC(=O)c3ccccc3C)nc2-c2ccccc2)cc1C. The minimum Gasteiger partial charge on any atom is -0.298 e. The lowest BCUT2D eigenvalue weighted by Crippen LogP contribution is -2.12. The molecule has 3 aromatic carbocycles. The Morgan fingerprint density at radius 1 is 0.793 bits per heavy atom. The molecule has 1 N–H and O–H groups in total. The van der Waals surface area contributed by atoms with E-state index < -0.39 is 0 Å². The summed E-state index contributed by atoms with van der Waals surface area (Å²) >= 11 is 1.51. The van der Waals surface area contributed by atoms with Crippen molar-refractivity contribution in [2.24, 2.45) is 0 Å². The van der Waals surface area contributed by atoms with Crippen LogP contribution in [-0.2, 0) is 0 Å². The van der Waals surface area contributed by atoms with Gasteiger partial charge in [-0.25, -0.2) is 4.98 Å². The van der Waals surface area contributed by atoms with Crippen LogP contribution in [0, 0.1) is 20.8 Å². The molecule has 0 unspecified atom stereocenters. The van der Waals surface area contributed by atoms with E-state index in [0.717, 1.165) is 27.3 Å². The van der Waals surface area contributed by atoms with Crippen molar-refractivity contribution in [2.45, 2.75) is 20.8 Å². The number of aromatic nitrogens is 1. The number of carbonyl (C=O) groups is 1. The molecule has 29 heavy (non-hydrogen) atoms. The van der Waals surface area contributed by atoms with Crippen molar-refractivity contribution in [1.82, 2.24) is 4.98 Å². The maximum Gasteiger partial charge on any atom is 0.257 e. The first-order valence-electron chi connectivity index (χ1n) is 9.54. The Hall–Kier alpha value is -3.24. The van der Waals surface area contributed by atoms with Crippen molar-refractivity contribution in [3.63, 3.8) is 0 Å². The molecule has 0 spiro atoms. The highest BCUT2D eigenvalue weighted by molar-refractivity contribution is 7.19. The number of anilines is 1. The van der Waals surface area contributed by atoms with E-state index in [1.54, 1.807) is 0 Å². The van der Waals surface area contributed by atoms with Gasteiger partial charge in [0.2, 0.25) is 0 Å². The van der Waals surface area contributed by atoms with E-state index in [1.165, 1.54) is 22.5 Å². The molecule has 144 valence electrons. The molecule has 0 saturated heterocycles.